The van der Waals surface area contributed by atoms with Gasteiger partial charge in [0.1, 0.15) is 6.54 Å². The van der Waals surface area contributed by atoms with Crippen LogP contribution in [0, 0.1) is 18.3 Å². The van der Waals surface area contributed by atoms with E-state index < -0.39 is 0 Å². The third kappa shape index (κ3) is 4.80. The molecule has 6 rings (SSSR count). The van der Waals surface area contributed by atoms with E-state index in [1.807, 2.05) is 29.2 Å². The number of amides is 2. The number of morpholine rings is 1. The van der Waals surface area contributed by atoms with Crippen LogP contribution in [0.2, 0.25) is 0 Å². The Morgan fingerprint density at radius 3 is 2.50 bits per heavy atom. The quantitative estimate of drug-likeness (QED) is 0.440. The van der Waals surface area contributed by atoms with Crippen LogP contribution in [0.15, 0.2) is 48.5 Å². The van der Waals surface area contributed by atoms with E-state index in [1.54, 1.807) is 0 Å². The highest BCUT2D eigenvalue weighted by Gasteiger charge is 2.60. The predicted octanol–water partition coefficient (Wildman–Crippen LogP) is 5.07. The summed E-state index contributed by atoms with van der Waals surface area (Å²) in [6.07, 6.45) is 2.44. The molecule has 3 aromatic rings. The number of carbonyl (C=O) groups excluding carboxylic acids is 2. The van der Waals surface area contributed by atoms with Crippen LogP contribution < -0.4 is 10.2 Å². The van der Waals surface area contributed by atoms with Crippen LogP contribution in [-0.4, -0.2) is 60.6 Å². The van der Waals surface area contributed by atoms with Crippen LogP contribution in [0.25, 0.3) is 10.9 Å². The van der Waals surface area contributed by atoms with Gasteiger partial charge in [0, 0.05) is 53.5 Å². The lowest BCUT2D eigenvalue weighted by Crippen LogP contribution is -2.40. The molecule has 0 radical (unpaired) electrons. The Bertz CT molecular complexity index is 1330. The number of aryl methyl sites for hydroxylation is 1. The van der Waals surface area contributed by atoms with Crippen molar-refractivity contribution in [3.8, 4) is 0 Å². The van der Waals surface area contributed by atoms with Crippen LogP contribution in [0.4, 0.5) is 11.4 Å². The van der Waals surface area contributed by atoms with Gasteiger partial charge in [0.05, 0.1) is 13.2 Å². The summed E-state index contributed by atoms with van der Waals surface area (Å²) in [5, 5.41) is 4.26. The topological polar surface area (TPSA) is 77.7 Å². The standard InChI is InChI=1S/C31H38N4O3/c1-20-29(24-6-4-5-7-26(24)32-20)30-25(31(30,2)3)18-28(37)35(23-12-13-23)19-27(36)33-21-8-10-22(11-9-21)34-14-16-38-17-15-34/h4-11,23,25,30,32H,12-19H2,1-3H3,(H,33,36)/t25-,30-/m1/s1. The number of carbonyl (C=O) groups is 2. The normalized spacial score (nSPS) is 22.3. The highest BCUT2D eigenvalue weighted by molar-refractivity contribution is 5.95. The molecule has 2 heterocycles. The number of H-pyrrole nitrogens is 1. The fourth-order valence-corrected chi connectivity index (χ4v) is 6.44. The lowest BCUT2D eigenvalue weighted by molar-refractivity contribution is -0.135. The molecule has 1 aliphatic heterocycles. The van der Waals surface area contributed by atoms with Gasteiger partial charge in [-0.05, 0) is 72.9 Å². The highest BCUT2D eigenvalue weighted by atomic mass is 16.5. The Morgan fingerprint density at radius 2 is 1.79 bits per heavy atom. The third-order valence-corrected chi connectivity index (χ3v) is 8.85. The molecule has 200 valence electrons. The van der Waals surface area contributed by atoms with Gasteiger partial charge in [0.25, 0.3) is 0 Å². The summed E-state index contributed by atoms with van der Waals surface area (Å²) in [5.41, 5.74) is 5.63. The van der Waals surface area contributed by atoms with Crippen molar-refractivity contribution in [2.24, 2.45) is 11.3 Å². The van der Waals surface area contributed by atoms with Crippen molar-refractivity contribution in [2.75, 3.05) is 43.1 Å². The zero-order valence-electron chi connectivity index (χ0n) is 22.6. The molecule has 7 heteroatoms. The molecule has 2 aromatic carbocycles. The second-order valence-electron chi connectivity index (χ2n) is 11.8. The van der Waals surface area contributed by atoms with E-state index >= 15 is 0 Å². The highest BCUT2D eigenvalue weighted by Crippen LogP contribution is 2.67. The van der Waals surface area contributed by atoms with Gasteiger partial charge in [-0.1, -0.05) is 32.0 Å². The molecule has 3 fully saturated rings. The first-order valence-electron chi connectivity index (χ1n) is 13.9. The molecule has 0 spiro atoms. The lowest BCUT2D eigenvalue weighted by Gasteiger charge is -2.29. The molecular formula is C31H38N4O3. The summed E-state index contributed by atoms with van der Waals surface area (Å²) in [6.45, 7) is 10.0. The number of nitrogens with one attached hydrogen (secondary N) is 2. The minimum atomic E-state index is -0.136. The molecular weight excluding hydrogens is 476 g/mol. The van der Waals surface area contributed by atoms with E-state index in [9.17, 15) is 9.59 Å². The van der Waals surface area contributed by atoms with Crippen molar-refractivity contribution in [3.05, 3.63) is 59.8 Å². The molecule has 2 N–H and O–H groups in total. The number of aromatic amines is 1. The van der Waals surface area contributed by atoms with Crippen LogP contribution >= 0.6 is 0 Å². The lowest BCUT2D eigenvalue weighted by atomic mass is 10.0. The summed E-state index contributed by atoms with van der Waals surface area (Å²) < 4.78 is 5.43. The van der Waals surface area contributed by atoms with Crippen molar-refractivity contribution < 1.29 is 14.3 Å². The summed E-state index contributed by atoms with van der Waals surface area (Å²) >= 11 is 0. The third-order valence-electron chi connectivity index (χ3n) is 8.85. The fraction of sp³-hybridized carbons (Fsp3) is 0.484. The summed E-state index contributed by atoms with van der Waals surface area (Å²) in [4.78, 5) is 34.2. The number of fused-ring (bicyclic) bond motifs is 1. The molecule has 1 saturated heterocycles. The van der Waals surface area contributed by atoms with Crippen molar-refractivity contribution in [2.45, 2.75) is 52.0 Å². The first-order valence-corrected chi connectivity index (χ1v) is 13.9. The minimum Gasteiger partial charge on any atom is -0.378 e. The maximum atomic E-state index is 13.6. The number of anilines is 2. The molecule has 0 unspecified atom stereocenters. The van der Waals surface area contributed by atoms with Gasteiger partial charge in [-0.2, -0.15) is 0 Å². The average molecular weight is 515 g/mol. The summed E-state index contributed by atoms with van der Waals surface area (Å²) in [7, 11) is 0. The number of para-hydroxylation sites is 1. The number of aromatic nitrogens is 1. The van der Waals surface area contributed by atoms with Crippen LogP contribution in [0.5, 0.6) is 0 Å². The number of rotatable bonds is 8. The van der Waals surface area contributed by atoms with Gasteiger partial charge >= 0.3 is 0 Å². The van der Waals surface area contributed by atoms with Crippen LogP contribution in [0.1, 0.15) is 50.3 Å². The molecule has 2 aliphatic carbocycles. The molecule has 2 atom stereocenters. The SMILES string of the molecule is Cc1[nH]c2ccccc2c1[C@H]1[C@@H](CC(=O)N(CC(=O)Nc2ccc(N3CCOCC3)cc2)C2CC2)C1(C)C. The number of benzene rings is 2. The number of nitrogens with zero attached hydrogens (tertiary/aromatic N) is 2. The Hall–Kier alpha value is -3.32. The van der Waals surface area contributed by atoms with Gasteiger partial charge in [0.15, 0.2) is 0 Å². The fourth-order valence-electron chi connectivity index (χ4n) is 6.44. The van der Waals surface area contributed by atoms with Crippen molar-refractivity contribution in [3.63, 3.8) is 0 Å². The number of hydrogen-bond acceptors (Lipinski definition) is 4. The van der Waals surface area contributed by atoms with Crippen molar-refractivity contribution >= 4 is 34.1 Å². The predicted molar refractivity (Wildman–Crippen MR) is 151 cm³/mol. The van der Waals surface area contributed by atoms with Crippen molar-refractivity contribution in [1.29, 1.82) is 0 Å². The molecule has 7 nitrogen and oxygen atoms in total. The minimum absolute atomic E-state index is 0.0467. The average Bonchev–Trinajstić information content (AvgIpc) is 3.80. The first-order chi connectivity index (χ1) is 18.3. The Kier molecular flexibility index (Phi) is 6.42. The van der Waals surface area contributed by atoms with E-state index in [0.717, 1.165) is 56.0 Å². The van der Waals surface area contributed by atoms with Gasteiger partial charge in [-0.15, -0.1) is 0 Å². The van der Waals surface area contributed by atoms with E-state index in [-0.39, 0.29) is 35.7 Å². The van der Waals surface area contributed by atoms with Crippen LogP contribution in [0.3, 0.4) is 0 Å². The maximum Gasteiger partial charge on any atom is 0.244 e. The van der Waals surface area contributed by atoms with Gasteiger partial charge in [0.2, 0.25) is 11.8 Å². The molecule has 0 bridgehead atoms. The summed E-state index contributed by atoms with van der Waals surface area (Å²) in [6, 6.07) is 16.6. The maximum absolute atomic E-state index is 13.6. The zero-order valence-corrected chi connectivity index (χ0v) is 22.6. The monoisotopic (exact) mass is 514 g/mol. The van der Waals surface area contributed by atoms with Crippen molar-refractivity contribution in [1.82, 2.24) is 9.88 Å². The smallest absolute Gasteiger partial charge is 0.244 e. The second kappa shape index (κ2) is 9.77. The Labute approximate surface area is 224 Å². The Morgan fingerprint density at radius 1 is 1.08 bits per heavy atom. The van der Waals surface area contributed by atoms with Gasteiger partial charge in [-0.3, -0.25) is 9.59 Å². The summed E-state index contributed by atoms with van der Waals surface area (Å²) in [5.74, 6) is 0.569. The molecule has 2 amide bonds. The molecule has 1 aromatic heterocycles. The second-order valence-corrected chi connectivity index (χ2v) is 11.8. The van der Waals surface area contributed by atoms with Gasteiger partial charge < -0.3 is 24.8 Å². The van der Waals surface area contributed by atoms with E-state index in [2.05, 4.69) is 60.2 Å². The van der Waals surface area contributed by atoms with Crippen LogP contribution in [-0.2, 0) is 14.3 Å². The van der Waals surface area contributed by atoms with E-state index in [1.165, 1.54) is 16.6 Å². The first kappa shape index (κ1) is 25.0. The molecule has 3 aliphatic rings. The van der Waals surface area contributed by atoms with E-state index in [4.69, 9.17) is 4.74 Å². The largest absolute Gasteiger partial charge is 0.378 e. The zero-order chi connectivity index (χ0) is 26.4. The van der Waals surface area contributed by atoms with E-state index in [0.29, 0.717) is 12.3 Å². The molecule has 2 saturated carbocycles. The van der Waals surface area contributed by atoms with Gasteiger partial charge in [-0.25, -0.2) is 0 Å². The Balaban J connectivity index is 1.09. The molecule has 38 heavy (non-hydrogen) atoms. The number of hydrogen-bond donors (Lipinski definition) is 2. The number of ether oxygens (including phenoxy) is 1.